The van der Waals surface area contributed by atoms with Crippen molar-refractivity contribution in [1.82, 2.24) is 9.66 Å². The first-order valence-electron chi connectivity index (χ1n) is 6.17. The molecule has 2 rings (SSSR count). The largest absolute Gasteiger partial charge is 0.493 e. The topological polar surface area (TPSA) is 91.7 Å². The molecule has 0 radical (unpaired) electrons. The van der Waals surface area contributed by atoms with Crippen molar-refractivity contribution >= 4 is 17.0 Å². The van der Waals surface area contributed by atoms with E-state index in [0.29, 0.717) is 17.0 Å². The smallest absolute Gasteiger partial charge is 0.426 e. The molecular formula is C13H15N3O5. The van der Waals surface area contributed by atoms with Crippen LogP contribution in [0.5, 0.6) is 11.5 Å². The number of ether oxygens (including phenoxy) is 3. The summed E-state index contributed by atoms with van der Waals surface area (Å²) in [4.78, 5) is 27.7. The number of carbonyl (C=O) groups is 1. The molecule has 21 heavy (non-hydrogen) atoms. The third-order valence-corrected chi connectivity index (χ3v) is 2.75. The first-order valence-corrected chi connectivity index (χ1v) is 6.17. The SMILES string of the molecule is CCOC(=O)Nn1cnc2cc(OC)c(OC)cc2c1=O. The molecular weight excluding hydrogens is 278 g/mol. The Morgan fingerprint density at radius 1 is 1.29 bits per heavy atom. The second-order valence-electron chi connectivity index (χ2n) is 3.98. The number of benzene rings is 1. The molecule has 0 spiro atoms. The summed E-state index contributed by atoms with van der Waals surface area (Å²) in [5.41, 5.74) is 2.26. The molecule has 0 saturated heterocycles. The highest BCUT2D eigenvalue weighted by atomic mass is 16.6. The first-order chi connectivity index (χ1) is 10.1. The Morgan fingerprint density at radius 3 is 2.57 bits per heavy atom. The van der Waals surface area contributed by atoms with Crippen LogP contribution in [0.15, 0.2) is 23.3 Å². The second-order valence-corrected chi connectivity index (χ2v) is 3.98. The lowest BCUT2D eigenvalue weighted by molar-refractivity contribution is 0.164. The summed E-state index contributed by atoms with van der Waals surface area (Å²) < 4.78 is 16.0. The fourth-order valence-corrected chi connectivity index (χ4v) is 1.79. The van der Waals surface area contributed by atoms with Crippen molar-refractivity contribution < 1.29 is 19.0 Å². The fraction of sp³-hybridized carbons (Fsp3) is 0.308. The summed E-state index contributed by atoms with van der Waals surface area (Å²) in [7, 11) is 2.96. The van der Waals surface area contributed by atoms with Crippen molar-refractivity contribution in [3.05, 3.63) is 28.8 Å². The molecule has 0 saturated carbocycles. The van der Waals surface area contributed by atoms with Crippen molar-refractivity contribution in [2.75, 3.05) is 26.3 Å². The number of nitrogens with one attached hydrogen (secondary N) is 1. The van der Waals surface area contributed by atoms with Gasteiger partial charge in [0.25, 0.3) is 5.56 Å². The molecule has 0 bridgehead atoms. The summed E-state index contributed by atoms with van der Waals surface area (Å²) in [5.74, 6) is 0.866. The van der Waals surface area contributed by atoms with Gasteiger partial charge in [-0.3, -0.25) is 4.79 Å². The maximum atomic E-state index is 12.3. The van der Waals surface area contributed by atoms with Gasteiger partial charge in [-0.15, -0.1) is 0 Å². The van der Waals surface area contributed by atoms with Crippen molar-refractivity contribution in [2.24, 2.45) is 0 Å². The number of methoxy groups -OCH3 is 2. The lowest BCUT2D eigenvalue weighted by Crippen LogP contribution is -2.33. The predicted molar refractivity (Wildman–Crippen MR) is 75.5 cm³/mol. The Balaban J connectivity index is 2.51. The lowest BCUT2D eigenvalue weighted by atomic mass is 10.2. The van der Waals surface area contributed by atoms with Gasteiger partial charge in [-0.25, -0.2) is 19.9 Å². The Labute approximate surface area is 120 Å². The Morgan fingerprint density at radius 2 is 1.95 bits per heavy atom. The minimum absolute atomic E-state index is 0.201. The second kappa shape index (κ2) is 6.12. The van der Waals surface area contributed by atoms with Crippen molar-refractivity contribution in [3.8, 4) is 11.5 Å². The molecule has 1 aromatic carbocycles. The van der Waals surface area contributed by atoms with Gasteiger partial charge in [0.05, 0.1) is 31.7 Å². The molecule has 0 atom stereocenters. The van der Waals surface area contributed by atoms with E-state index >= 15 is 0 Å². The lowest BCUT2D eigenvalue weighted by Gasteiger charge is -2.11. The van der Waals surface area contributed by atoms with Gasteiger partial charge >= 0.3 is 6.09 Å². The van der Waals surface area contributed by atoms with E-state index in [9.17, 15) is 9.59 Å². The Kier molecular flexibility index (Phi) is 4.27. The molecule has 1 aromatic heterocycles. The van der Waals surface area contributed by atoms with Crippen LogP contribution in [-0.2, 0) is 4.74 Å². The van der Waals surface area contributed by atoms with Crippen LogP contribution in [0.25, 0.3) is 10.9 Å². The van der Waals surface area contributed by atoms with Crippen LogP contribution in [0.1, 0.15) is 6.92 Å². The number of fused-ring (bicyclic) bond motifs is 1. The molecule has 1 amide bonds. The first kappa shape index (κ1) is 14.6. The highest BCUT2D eigenvalue weighted by Gasteiger charge is 2.12. The minimum atomic E-state index is -0.735. The van der Waals surface area contributed by atoms with Gasteiger partial charge in [0, 0.05) is 6.07 Å². The summed E-state index contributed by atoms with van der Waals surface area (Å²) >= 11 is 0. The molecule has 112 valence electrons. The minimum Gasteiger partial charge on any atom is -0.493 e. The van der Waals surface area contributed by atoms with Crippen LogP contribution in [0.3, 0.4) is 0 Å². The maximum absolute atomic E-state index is 12.3. The van der Waals surface area contributed by atoms with E-state index in [1.54, 1.807) is 13.0 Å². The monoisotopic (exact) mass is 293 g/mol. The Bertz CT molecular complexity index is 726. The molecule has 2 aromatic rings. The molecule has 8 nitrogen and oxygen atoms in total. The van der Waals surface area contributed by atoms with E-state index in [1.165, 1.54) is 26.6 Å². The average molecular weight is 293 g/mol. The van der Waals surface area contributed by atoms with E-state index in [1.807, 2.05) is 0 Å². The predicted octanol–water partition coefficient (Wildman–Crippen LogP) is 1.11. The van der Waals surface area contributed by atoms with Crippen molar-refractivity contribution in [2.45, 2.75) is 6.92 Å². The van der Waals surface area contributed by atoms with Gasteiger partial charge in [0.2, 0.25) is 0 Å². The molecule has 0 fully saturated rings. The van der Waals surface area contributed by atoms with Crippen molar-refractivity contribution in [3.63, 3.8) is 0 Å². The molecule has 0 aliphatic rings. The normalized spacial score (nSPS) is 10.2. The van der Waals surface area contributed by atoms with Crippen LogP contribution in [0.4, 0.5) is 4.79 Å². The molecule has 1 N–H and O–H groups in total. The number of hydrogen-bond donors (Lipinski definition) is 1. The molecule has 0 aliphatic heterocycles. The standard InChI is InChI=1S/C13H15N3O5/c1-4-21-13(18)15-16-7-14-9-6-11(20-3)10(19-2)5-8(9)12(16)17/h5-7H,4H2,1-3H3,(H,15,18). The average Bonchev–Trinajstić information content (AvgIpc) is 2.49. The van der Waals surface area contributed by atoms with Crippen LogP contribution >= 0.6 is 0 Å². The quantitative estimate of drug-likeness (QED) is 0.908. The molecule has 1 heterocycles. The van der Waals surface area contributed by atoms with Gasteiger partial charge in [-0.05, 0) is 13.0 Å². The number of nitrogens with zero attached hydrogens (tertiary/aromatic N) is 2. The highest BCUT2D eigenvalue weighted by molar-refractivity contribution is 5.82. The van der Waals surface area contributed by atoms with Crippen LogP contribution in [0.2, 0.25) is 0 Å². The van der Waals surface area contributed by atoms with E-state index in [2.05, 4.69) is 10.4 Å². The van der Waals surface area contributed by atoms with Gasteiger partial charge in [-0.1, -0.05) is 0 Å². The van der Waals surface area contributed by atoms with Crippen LogP contribution < -0.4 is 20.5 Å². The van der Waals surface area contributed by atoms with Gasteiger partial charge in [0.1, 0.15) is 6.33 Å². The number of carbonyl (C=O) groups excluding carboxylic acids is 1. The van der Waals surface area contributed by atoms with E-state index < -0.39 is 11.7 Å². The molecule has 8 heteroatoms. The van der Waals surface area contributed by atoms with Crippen LogP contribution in [0, 0.1) is 0 Å². The zero-order chi connectivity index (χ0) is 15.4. The van der Waals surface area contributed by atoms with E-state index in [-0.39, 0.29) is 12.0 Å². The summed E-state index contributed by atoms with van der Waals surface area (Å²) in [5, 5.41) is 0.284. The van der Waals surface area contributed by atoms with Gasteiger partial charge in [0.15, 0.2) is 11.5 Å². The van der Waals surface area contributed by atoms with Gasteiger partial charge in [-0.2, -0.15) is 0 Å². The zero-order valence-electron chi connectivity index (χ0n) is 11.9. The molecule has 0 unspecified atom stereocenters. The van der Waals surface area contributed by atoms with Crippen molar-refractivity contribution in [1.29, 1.82) is 0 Å². The third kappa shape index (κ3) is 2.88. The summed E-state index contributed by atoms with van der Waals surface area (Å²) in [6.07, 6.45) is 0.467. The fourth-order valence-electron chi connectivity index (χ4n) is 1.79. The van der Waals surface area contributed by atoms with E-state index in [0.717, 1.165) is 4.68 Å². The molecule has 0 aliphatic carbocycles. The van der Waals surface area contributed by atoms with E-state index in [4.69, 9.17) is 14.2 Å². The number of aromatic nitrogens is 2. The highest BCUT2D eigenvalue weighted by Crippen LogP contribution is 2.29. The zero-order valence-corrected chi connectivity index (χ0v) is 11.9. The number of amides is 1. The summed E-state index contributed by atoms with van der Waals surface area (Å²) in [6, 6.07) is 3.09. The maximum Gasteiger partial charge on any atom is 0.426 e. The number of hydrogen-bond acceptors (Lipinski definition) is 6. The third-order valence-electron chi connectivity index (χ3n) is 2.75. The summed E-state index contributed by atoms with van der Waals surface area (Å²) in [6.45, 7) is 1.87. The van der Waals surface area contributed by atoms with Gasteiger partial charge < -0.3 is 14.2 Å². The van der Waals surface area contributed by atoms with Crippen LogP contribution in [-0.4, -0.2) is 36.6 Å². The Hall–Kier alpha value is -2.77. The number of rotatable bonds is 4.